The van der Waals surface area contributed by atoms with Crippen LogP contribution in [0.1, 0.15) is 134 Å². The molecule has 2 amide bonds. The molecule has 0 aliphatic heterocycles. The quantitative estimate of drug-likeness (QED) is 0.0727. The van der Waals surface area contributed by atoms with E-state index >= 15 is 0 Å². The predicted octanol–water partition coefficient (Wildman–Crippen LogP) is 7.61. The van der Waals surface area contributed by atoms with Gasteiger partial charge in [-0.1, -0.05) is 78.5 Å². The molecular weight excluding hydrogens is 803 g/mol. The average Bonchev–Trinajstić information content (AvgIpc) is 3.57. The molecule has 5 unspecified atom stereocenters. The Kier molecular flexibility index (Phi) is 11.6. The van der Waals surface area contributed by atoms with Gasteiger partial charge in [-0.2, -0.15) is 0 Å². The van der Waals surface area contributed by atoms with Crippen molar-refractivity contribution >= 4 is 29.3 Å². The van der Waals surface area contributed by atoms with E-state index in [1.807, 2.05) is 0 Å². The first kappa shape index (κ1) is 45.4. The molecule has 0 aromatic heterocycles. The molecular formula is C50H69N3O10. The van der Waals surface area contributed by atoms with Gasteiger partial charge >= 0.3 is 6.09 Å². The van der Waals surface area contributed by atoms with Crippen molar-refractivity contribution in [1.29, 1.82) is 0 Å². The zero-order valence-electron chi connectivity index (χ0n) is 38.2. The molecule has 3 saturated carbocycles. The molecule has 63 heavy (non-hydrogen) atoms. The maximum Gasteiger partial charge on any atom is 0.412 e. The molecule has 0 bridgehead atoms. The van der Waals surface area contributed by atoms with Crippen molar-refractivity contribution in [3.8, 4) is 5.75 Å². The van der Waals surface area contributed by atoms with Gasteiger partial charge < -0.3 is 36.0 Å². The fraction of sp³-hybridized carbons (Fsp3) is 0.680. The molecule has 0 spiro atoms. The maximum atomic E-state index is 14.4. The molecule has 0 radical (unpaired) electrons. The minimum atomic E-state index is -3.02. The molecule has 7 aliphatic rings. The van der Waals surface area contributed by atoms with Crippen LogP contribution in [0.3, 0.4) is 0 Å². The van der Waals surface area contributed by atoms with E-state index in [2.05, 4.69) is 46.0 Å². The summed E-state index contributed by atoms with van der Waals surface area (Å²) in [4.78, 5) is 55.4. The third-order valence-electron chi connectivity index (χ3n) is 17.9. The van der Waals surface area contributed by atoms with Gasteiger partial charge in [0.1, 0.15) is 23.2 Å². The zero-order chi connectivity index (χ0) is 45.8. The van der Waals surface area contributed by atoms with Gasteiger partial charge in [0.25, 0.3) is 5.91 Å². The maximum absolute atomic E-state index is 14.4. The molecule has 0 saturated heterocycles. The van der Waals surface area contributed by atoms with Crippen LogP contribution in [-0.4, -0.2) is 91.9 Å². The summed E-state index contributed by atoms with van der Waals surface area (Å²) in [6, 6.07) is 1.63. The molecule has 1 aromatic rings. The van der Waals surface area contributed by atoms with E-state index in [1.54, 1.807) is 6.92 Å². The molecule has 7 aliphatic carbocycles. The number of nitrogens with one attached hydrogen (secondary N) is 1. The summed E-state index contributed by atoms with van der Waals surface area (Å²) in [5, 5.41) is 60.9. The Morgan fingerprint density at radius 1 is 1.00 bits per heavy atom. The number of anilines is 1. The van der Waals surface area contributed by atoms with Crippen LogP contribution in [0.2, 0.25) is 0 Å². The fourth-order valence-electron chi connectivity index (χ4n) is 14.8. The lowest BCUT2D eigenvalue weighted by atomic mass is 9.47. The number of benzene rings is 1. The number of nitrogens with zero attached hydrogens (tertiary/aromatic N) is 1. The topological polar surface area (TPSA) is 220 Å². The second kappa shape index (κ2) is 16.0. The van der Waals surface area contributed by atoms with Crippen LogP contribution in [0.4, 0.5) is 10.5 Å². The number of rotatable bonds is 9. The molecule has 344 valence electrons. The SMILES string of the molecule is CC(C)CCC[C@H](C)C1CCC2C3CC=C4CC(OC(=O)Nc5ccc6c(c5O)C(=O)C5=C(O)[C@]7(O)C(=O)C(C(N)=O)=C(O)[C@H](N(C)C)[C@H]7[C@@H](O)[C@H]5[C@@H]6C)CC[C@]4(C)C3CC[C@@]21C. The molecule has 1 aromatic carbocycles. The third-order valence-corrected chi connectivity index (χ3v) is 17.9. The van der Waals surface area contributed by atoms with E-state index in [-0.39, 0.29) is 22.8 Å². The molecule has 8 N–H and O–H groups in total. The monoisotopic (exact) mass is 871 g/mol. The van der Waals surface area contributed by atoms with Crippen molar-refractivity contribution < 1.29 is 49.4 Å². The Bertz CT molecular complexity index is 2190. The molecule has 3 fully saturated rings. The number of ether oxygens (including phenoxy) is 1. The number of hydrogen-bond donors (Lipinski definition) is 7. The number of carbonyl (C=O) groups excluding carboxylic acids is 4. The standard InChI is InChI=1S/C50H69N3O10/c1-23(2)10-9-11-24(3)30-15-16-31-29-13-12-26-22-27(18-20-48(26,5)32(29)19-21-49(30,31)6)63-47(61)52-33-17-14-28-25(4)34-36(41(55)35(28)40(33)54)44(58)50(62)38(42(34)56)39(53(7)8)43(57)37(45(50)59)46(51)60/h12,14,17,23-25,27,29-32,34,38-39,42,54,56-58,62H,9-11,13,15-16,18-22H2,1-8H3,(H2,51,60)(H,52,61)/t24-,25+,27?,29?,30?,31?,32?,34-,38-,39+,42-,48-,49+,50-/m0/s1. The minimum absolute atomic E-state index is 0.0566. The number of aliphatic hydroxyl groups excluding tert-OH is 3. The van der Waals surface area contributed by atoms with E-state index in [4.69, 9.17) is 10.5 Å². The van der Waals surface area contributed by atoms with Gasteiger partial charge in [0.05, 0.1) is 29.3 Å². The van der Waals surface area contributed by atoms with E-state index in [9.17, 15) is 44.7 Å². The zero-order valence-corrected chi connectivity index (χ0v) is 38.2. The van der Waals surface area contributed by atoms with E-state index in [1.165, 1.54) is 81.6 Å². The number of Topliss-reactive ketones (excluding diaryl/α,β-unsaturated/α-hetero) is 2. The largest absolute Gasteiger partial charge is 0.510 e. The van der Waals surface area contributed by atoms with Gasteiger partial charge in [0.2, 0.25) is 5.78 Å². The number of fused-ring (bicyclic) bond motifs is 8. The number of hydrogen-bond acceptors (Lipinski definition) is 11. The van der Waals surface area contributed by atoms with Crippen molar-refractivity contribution in [2.24, 2.45) is 63.9 Å². The van der Waals surface area contributed by atoms with Crippen LogP contribution < -0.4 is 11.1 Å². The van der Waals surface area contributed by atoms with Gasteiger partial charge in [-0.3, -0.25) is 24.6 Å². The summed E-state index contributed by atoms with van der Waals surface area (Å²) in [5.41, 5.74) is 2.64. The van der Waals surface area contributed by atoms with Crippen LogP contribution in [0.5, 0.6) is 5.75 Å². The highest BCUT2D eigenvalue weighted by Gasteiger charge is 2.67. The number of ketones is 2. The summed E-state index contributed by atoms with van der Waals surface area (Å²) < 4.78 is 6.01. The van der Waals surface area contributed by atoms with E-state index < -0.39 is 87.5 Å². The number of primary amides is 1. The summed E-state index contributed by atoms with van der Waals surface area (Å²) in [7, 11) is 2.97. The van der Waals surface area contributed by atoms with Crippen LogP contribution >= 0.6 is 0 Å². The van der Waals surface area contributed by atoms with Crippen LogP contribution in [-0.2, 0) is 14.3 Å². The number of phenolic OH excluding ortho intramolecular Hbond substituents is 1. The van der Waals surface area contributed by atoms with Crippen LogP contribution in [0, 0.1) is 58.2 Å². The molecule has 14 atom stereocenters. The second-order valence-corrected chi connectivity index (χ2v) is 21.7. The Morgan fingerprint density at radius 3 is 2.38 bits per heavy atom. The van der Waals surface area contributed by atoms with Crippen molar-refractivity contribution in [1.82, 2.24) is 4.90 Å². The molecule has 0 heterocycles. The number of likely N-dealkylation sites (N-methyl/N-ethyl adjacent to an activating group) is 1. The number of amides is 2. The van der Waals surface area contributed by atoms with E-state index in [0.717, 1.165) is 36.5 Å². The van der Waals surface area contributed by atoms with Gasteiger partial charge in [-0.25, -0.2) is 4.79 Å². The predicted molar refractivity (Wildman–Crippen MR) is 237 cm³/mol. The second-order valence-electron chi connectivity index (χ2n) is 21.7. The van der Waals surface area contributed by atoms with Gasteiger partial charge in [-0.15, -0.1) is 0 Å². The average molecular weight is 872 g/mol. The van der Waals surface area contributed by atoms with Crippen molar-refractivity contribution in [2.75, 3.05) is 19.4 Å². The lowest BCUT2D eigenvalue weighted by molar-refractivity contribution is -0.162. The molecule has 13 nitrogen and oxygen atoms in total. The Morgan fingerprint density at radius 2 is 1.71 bits per heavy atom. The smallest absolute Gasteiger partial charge is 0.412 e. The minimum Gasteiger partial charge on any atom is -0.510 e. The first-order valence-electron chi connectivity index (χ1n) is 23.4. The number of phenols is 1. The number of allylic oxidation sites excluding steroid dienone is 1. The summed E-state index contributed by atoms with van der Waals surface area (Å²) in [6.45, 7) is 13.8. The Hall–Kier alpha value is -4.20. The van der Waals surface area contributed by atoms with Crippen molar-refractivity contribution in [3.05, 3.63) is 57.6 Å². The number of carbonyl (C=O) groups is 4. The highest BCUT2D eigenvalue weighted by Crippen LogP contribution is 2.67. The third kappa shape index (κ3) is 6.79. The lowest BCUT2D eigenvalue weighted by Gasteiger charge is -2.58. The molecule has 13 heteroatoms. The first-order chi connectivity index (χ1) is 29.6. The van der Waals surface area contributed by atoms with Gasteiger partial charge in [0, 0.05) is 17.9 Å². The van der Waals surface area contributed by atoms with Crippen molar-refractivity contribution in [2.45, 2.75) is 142 Å². The highest BCUT2D eigenvalue weighted by atomic mass is 16.6. The van der Waals surface area contributed by atoms with Crippen LogP contribution in [0.25, 0.3) is 0 Å². The Labute approximate surface area is 371 Å². The number of aliphatic hydroxyl groups is 4. The summed E-state index contributed by atoms with van der Waals surface area (Å²) in [6.07, 6.45) is 12.0. The Balaban J connectivity index is 0.980. The van der Waals surface area contributed by atoms with Crippen LogP contribution in [0.15, 0.2) is 46.4 Å². The normalized spacial score (nSPS) is 38.8. The van der Waals surface area contributed by atoms with Crippen molar-refractivity contribution in [3.63, 3.8) is 0 Å². The lowest BCUT2D eigenvalue weighted by Crippen LogP contribution is -2.68. The fourth-order valence-corrected chi connectivity index (χ4v) is 14.8. The summed E-state index contributed by atoms with van der Waals surface area (Å²) in [5.74, 6) is -5.55. The molecule has 8 rings (SSSR count). The van der Waals surface area contributed by atoms with E-state index in [0.29, 0.717) is 35.7 Å². The summed E-state index contributed by atoms with van der Waals surface area (Å²) >= 11 is 0. The number of nitrogens with two attached hydrogens (primary N) is 1. The number of aromatic hydroxyl groups is 1. The first-order valence-corrected chi connectivity index (χ1v) is 23.4. The highest BCUT2D eigenvalue weighted by molar-refractivity contribution is 6.25. The van der Waals surface area contributed by atoms with Gasteiger partial charge in [-0.05, 0) is 123 Å². The van der Waals surface area contributed by atoms with Gasteiger partial charge in [0.15, 0.2) is 17.1 Å².